The third-order valence-corrected chi connectivity index (χ3v) is 4.97. The Balaban J connectivity index is 2.04. The molecule has 0 spiro atoms. The van der Waals surface area contributed by atoms with E-state index >= 15 is 0 Å². The number of aliphatic hydroxyl groups excluding tert-OH is 1. The van der Waals surface area contributed by atoms with Crippen LogP contribution in [0.15, 0.2) is 0 Å². The van der Waals surface area contributed by atoms with E-state index in [-0.39, 0.29) is 6.23 Å². The second-order valence-corrected chi connectivity index (χ2v) is 6.66. The Morgan fingerprint density at radius 2 is 1.45 bits per heavy atom. The molecule has 1 saturated heterocycles. The van der Waals surface area contributed by atoms with Crippen LogP contribution in [-0.4, -0.2) is 40.5 Å². The highest BCUT2D eigenvalue weighted by Crippen LogP contribution is 2.26. The first-order chi connectivity index (χ1) is 9.83. The van der Waals surface area contributed by atoms with Gasteiger partial charge in [-0.3, -0.25) is 0 Å². The van der Waals surface area contributed by atoms with Gasteiger partial charge in [0, 0.05) is 19.1 Å². The average Bonchev–Trinajstić information content (AvgIpc) is 2.39. The van der Waals surface area contributed by atoms with Crippen LogP contribution < -0.4 is 0 Å². The molecular formula is C17H34N2O. The first-order valence-electron chi connectivity index (χ1n) is 9.04. The van der Waals surface area contributed by atoms with E-state index in [0.29, 0.717) is 6.04 Å². The molecule has 1 aliphatic carbocycles. The number of hydrazine groups is 1. The minimum Gasteiger partial charge on any atom is -0.377 e. The second-order valence-electron chi connectivity index (χ2n) is 6.66. The lowest BCUT2D eigenvalue weighted by Gasteiger charge is -2.44. The normalized spacial score (nSPS) is 29.4. The van der Waals surface area contributed by atoms with Crippen LogP contribution in [0.3, 0.4) is 0 Å². The van der Waals surface area contributed by atoms with Crippen molar-refractivity contribution in [2.45, 2.75) is 96.2 Å². The Bertz CT molecular complexity index is 251. The van der Waals surface area contributed by atoms with Crippen LogP contribution in [0, 0.1) is 0 Å². The van der Waals surface area contributed by atoms with Crippen molar-refractivity contribution in [3.05, 3.63) is 0 Å². The molecule has 2 aliphatic rings. The van der Waals surface area contributed by atoms with E-state index in [2.05, 4.69) is 16.9 Å². The number of aliphatic hydroxyl groups is 1. The Kier molecular flexibility index (Phi) is 7.32. The zero-order valence-corrected chi connectivity index (χ0v) is 13.4. The van der Waals surface area contributed by atoms with E-state index in [9.17, 15) is 5.11 Å². The number of nitrogens with zero attached hydrogens (tertiary/aromatic N) is 2. The molecule has 1 unspecified atom stereocenters. The van der Waals surface area contributed by atoms with Crippen LogP contribution in [0.1, 0.15) is 84.0 Å². The Morgan fingerprint density at radius 3 is 2.15 bits per heavy atom. The van der Waals surface area contributed by atoms with Crippen LogP contribution in [-0.2, 0) is 0 Å². The highest BCUT2D eigenvalue weighted by atomic mass is 16.3. The number of hydrogen-bond acceptors (Lipinski definition) is 3. The molecule has 1 heterocycles. The van der Waals surface area contributed by atoms with Crippen LogP contribution in [0.25, 0.3) is 0 Å². The van der Waals surface area contributed by atoms with Crippen LogP contribution >= 0.6 is 0 Å². The molecule has 2 fully saturated rings. The summed E-state index contributed by atoms with van der Waals surface area (Å²) < 4.78 is 0. The highest BCUT2D eigenvalue weighted by molar-refractivity contribution is 4.76. The Morgan fingerprint density at radius 1 is 0.850 bits per heavy atom. The number of hydrogen-bond donors (Lipinski definition) is 1. The molecule has 3 heteroatoms. The van der Waals surface area contributed by atoms with Gasteiger partial charge < -0.3 is 5.11 Å². The SMILES string of the molecule is CCCN1C(O)CCCCCN1C1CCCCCCC1. The topological polar surface area (TPSA) is 26.7 Å². The Labute approximate surface area is 125 Å². The van der Waals surface area contributed by atoms with Gasteiger partial charge >= 0.3 is 0 Å². The summed E-state index contributed by atoms with van der Waals surface area (Å²) in [6.45, 7) is 4.39. The third-order valence-electron chi connectivity index (χ3n) is 4.97. The standard InChI is InChI=1S/C17H34N2O/c1-2-14-19-17(20)13-9-6-10-15-18(19)16-11-7-4-3-5-8-12-16/h16-17,20H,2-15H2,1H3. The average molecular weight is 282 g/mol. The fourth-order valence-corrected chi connectivity index (χ4v) is 3.86. The molecule has 3 nitrogen and oxygen atoms in total. The largest absolute Gasteiger partial charge is 0.377 e. The van der Waals surface area contributed by atoms with Crippen LogP contribution in [0.4, 0.5) is 0 Å². The van der Waals surface area contributed by atoms with Gasteiger partial charge in [0.1, 0.15) is 6.23 Å². The first-order valence-corrected chi connectivity index (χ1v) is 9.04. The van der Waals surface area contributed by atoms with Gasteiger partial charge in [0.2, 0.25) is 0 Å². The predicted molar refractivity (Wildman–Crippen MR) is 84.3 cm³/mol. The van der Waals surface area contributed by atoms with E-state index in [1.54, 1.807) is 0 Å². The van der Waals surface area contributed by atoms with E-state index in [1.807, 2.05) is 0 Å². The lowest BCUT2D eigenvalue weighted by Crippen LogP contribution is -2.54. The lowest BCUT2D eigenvalue weighted by molar-refractivity contribution is -0.171. The summed E-state index contributed by atoms with van der Waals surface area (Å²) in [4.78, 5) is 0. The molecule has 1 aliphatic heterocycles. The molecule has 20 heavy (non-hydrogen) atoms. The highest BCUT2D eigenvalue weighted by Gasteiger charge is 2.29. The second kappa shape index (κ2) is 9.01. The molecule has 0 aromatic carbocycles. The molecular weight excluding hydrogens is 248 g/mol. The van der Waals surface area contributed by atoms with Crippen molar-refractivity contribution < 1.29 is 5.11 Å². The minimum absolute atomic E-state index is 0.249. The van der Waals surface area contributed by atoms with Gasteiger partial charge in [-0.05, 0) is 38.5 Å². The maximum absolute atomic E-state index is 10.5. The summed E-state index contributed by atoms with van der Waals surface area (Å²) >= 11 is 0. The zero-order valence-electron chi connectivity index (χ0n) is 13.4. The molecule has 1 atom stereocenters. The zero-order chi connectivity index (χ0) is 14.2. The summed E-state index contributed by atoms with van der Waals surface area (Å²) in [6, 6.07) is 0.676. The smallest absolute Gasteiger partial charge is 0.120 e. The van der Waals surface area contributed by atoms with Crippen molar-refractivity contribution in [3.63, 3.8) is 0 Å². The van der Waals surface area contributed by atoms with Crippen molar-refractivity contribution in [3.8, 4) is 0 Å². The van der Waals surface area contributed by atoms with Crippen LogP contribution in [0.2, 0.25) is 0 Å². The third kappa shape index (κ3) is 4.71. The van der Waals surface area contributed by atoms with Gasteiger partial charge in [-0.25, -0.2) is 10.0 Å². The lowest BCUT2D eigenvalue weighted by atomic mass is 9.95. The fourth-order valence-electron chi connectivity index (χ4n) is 3.86. The molecule has 0 bridgehead atoms. The predicted octanol–water partition coefficient (Wildman–Crippen LogP) is 3.92. The molecule has 118 valence electrons. The quantitative estimate of drug-likeness (QED) is 0.850. The summed E-state index contributed by atoms with van der Waals surface area (Å²) in [7, 11) is 0. The van der Waals surface area contributed by atoms with Gasteiger partial charge in [0.15, 0.2) is 0 Å². The summed E-state index contributed by atoms with van der Waals surface area (Å²) in [5.74, 6) is 0. The van der Waals surface area contributed by atoms with E-state index in [4.69, 9.17) is 0 Å². The van der Waals surface area contributed by atoms with Gasteiger partial charge in [0.05, 0.1) is 0 Å². The molecule has 1 saturated carbocycles. The van der Waals surface area contributed by atoms with E-state index in [1.165, 1.54) is 64.2 Å². The molecule has 2 rings (SSSR count). The minimum atomic E-state index is -0.249. The number of rotatable bonds is 3. The fraction of sp³-hybridized carbons (Fsp3) is 1.00. The summed E-state index contributed by atoms with van der Waals surface area (Å²) in [6.07, 6.45) is 15.2. The van der Waals surface area contributed by atoms with Crippen LogP contribution in [0.5, 0.6) is 0 Å². The molecule has 0 amide bonds. The monoisotopic (exact) mass is 282 g/mol. The first kappa shape index (κ1) is 16.3. The molecule has 0 aromatic rings. The van der Waals surface area contributed by atoms with Crippen molar-refractivity contribution in [2.24, 2.45) is 0 Å². The Hall–Kier alpha value is -0.120. The molecule has 1 N–H and O–H groups in total. The molecule has 0 aromatic heterocycles. The van der Waals surface area contributed by atoms with Gasteiger partial charge in [-0.1, -0.05) is 45.4 Å². The van der Waals surface area contributed by atoms with Crippen molar-refractivity contribution in [2.75, 3.05) is 13.1 Å². The summed E-state index contributed by atoms with van der Waals surface area (Å²) in [5.41, 5.74) is 0. The molecule has 0 radical (unpaired) electrons. The van der Waals surface area contributed by atoms with E-state index in [0.717, 1.165) is 25.9 Å². The van der Waals surface area contributed by atoms with E-state index < -0.39 is 0 Å². The van der Waals surface area contributed by atoms with Crippen molar-refractivity contribution in [1.29, 1.82) is 0 Å². The van der Waals surface area contributed by atoms with Gasteiger partial charge in [-0.15, -0.1) is 0 Å². The van der Waals surface area contributed by atoms with Gasteiger partial charge in [0.25, 0.3) is 0 Å². The summed E-state index contributed by atoms with van der Waals surface area (Å²) in [5, 5.41) is 15.4. The van der Waals surface area contributed by atoms with Crippen molar-refractivity contribution >= 4 is 0 Å². The van der Waals surface area contributed by atoms with Crippen molar-refractivity contribution in [1.82, 2.24) is 10.0 Å². The van der Waals surface area contributed by atoms with Gasteiger partial charge in [-0.2, -0.15) is 0 Å². The maximum atomic E-state index is 10.5. The maximum Gasteiger partial charge on any atom is 0.120 e.